The van der Waals surface area contributed by atoms with Crippen LogP contribution in [0.2, 0.25) is 0 Å². The first-order valence-corrected chi connectivity index (χ1v) is 4.06. The van der Waals surface area contributed by atoms with Crippen molar-refractivity contribution < 1.29 is 8.78 Å². The highest BCUT2D eigenvalue weighted by Crippen LogP contribution is 2.20. The van der Waals surface area contributed by atoms with E-state index in [0.717, 1.165) is 12.1 Å². The summed E-state index contributed by atoms with van der Waals surface area (Å²) >= 11 is 0. The van der Waals surface area contributed by atoms with Crippen molar-refractivity contribution in [3.63, 3.8) is 0 Å². The summed E-state index contributed by atoms with van der Waals surface area (Å²) in [5.41, 5.74) is 6.20. The molecule has 14 heavy (non-hydrogen) atoms. The minimum atomic E-state index is -0.932. The van der Waals surface area contributed by atoms with Crippen LogP contribution in [0.1, 0.15) is 0 Å². The third kappa shape index (κ3) is 1.35. The van der Waals surface area contributed by atoms with Crippen molar-refractivity contribution >= 4 is 5.69 Å². The van der Waals surface area contributed by atoms with Crippen LogP contribution in [0.4, 0.5) is 14.5 Å². The summed E-state index contributed by atoms with van der Waals surface area (Å²) in [6.45, 7) is 0. The van der Waals surface area contributed by atoms with Gasteiger partial charge in [-0.3, -0.25) is 0 Å². The van der Waals surface area contributed by atoms with Crippen LogP contribution in [0.3, 0.4) is 0 Å². The van der Waals surface area contributed by atoms with Crippen LogP contribution in [0.5, 0.6) is 0 Å². The highest BCUT2D eigenvalue weighted by atomic mass is 19.2. The molecule has 0 bridgehead atoms. The van der Waals surface area contributed by atoms with E-state index in [-0.39, 0.29) is 5.69 Å². The van der Waals surface area contributed by atoms with E-state index in [9.17, 15) is 8.78 Å². The number of hydrogen-bond donors (Lipinski definition) is 1. The molecule has 4 heteroatoms. The van der Waals surface area contributed by atoms with Crippen molar-refractivity contribution in [2.45, 2.75) is 0 Å². The van der Waals surface area contributed by atoms with Crippen molar-refractivity contribution in [1.82, 2.24) is 4.57 Å². The lowest BCUT2D eigenvalue weighted by atomic mass is 10.2. The standard InChI is InChI=1S/C10H8F2N2/c11-7-5-9(13)10(6-8(7)12)14-3-1-2-4-14/h1-6H,13H2. The predicted octanol–water partition coefficient (Wildman–Crippen LogP) is 2.34. The molecule has 1 heterocycles. The molecule has 0 atom stereocenters. The Kier molecular flexibility index (Phi) is 1.96. The minimum Gasteiger partial charge on any atom is -0.397 e. The third-order valence-corrected chi connectivity index (χ3v) is 1.95. The Bertz CT molecular complexity index is 449. The Hall–Kier alpha value is -1.84. The van der Waals surface area contributed by atoms with Crippen LogP contribution in [-0.2, 0) is 0 Å². The van der Waals surface area contributed by atoms with Gasteiger partial charge in [0, 0.05) is 24.5 Å². The molecule has 0 unspecified atom stereocenters. The summed E-state index contributed by atoms with van der Waals surface area (Å²) in [7, 11) is 0. The summed E-state index contributed by atoms with van der Waals surface area (Å²) in [5.74, 6) is -1.83. The van der Waals surface area contributed by atoms with E-state index in [4.69, 9.17) is 5.73 Å². The lowest BCUT2D eigenvalue weighted by Gasteiger charge is -2.07. The topological polar surface area (TPSA) is 30.9 Å². The number of nitrogens with two attached hydrogens (primary N) is 1. The second-order valence-corrected chi connectivity index (χ2v) is 2.92. The highest BCUT2D eigenvalue weighted by Gasteiger charge is 2.07. The van der Waals surface area contributed by atoms with Gasteiger partial charge in [0.05, 0.1) is 11.4 Å². The van der Waals surface area contributed by atoms with E-state index in [1.165, 1.54) is 0 Å². The van der Waals surface area contributed by atoms with Gasteiger partial charge in [-0.15, -0.1) is 0 Å². The van der Waals surface area contributed by atoms with Gasteiger partial charge in [-0.25, -0.2) is 8.78 Å². The number of benzene rings is 1. The van der Waals surface area contributed by atoms with E-state index in [1.807, 2.05) is 0 Å². The van der Waals surface area contributed by atoms with Crippen LogP contribution in [-0.4, -0.2) is 4.57 Å². The van der Waals surface area contributed by atoms with Gasteiger partial charge in [-0.1, -0.05) is 0 Å². The van der Waals surface area contributed by atoms with Gasteiger partial charge in [0.2, 0.25) is 0 Å². The highest BCUT2D eigenvalue weighted by molar-refractivity contribution is 5.58. The molecule has 0 fully saturated rings. The van der Waals surface area contributed by atoms with Gasteiger partial charge < -0.3 is 10.3 Å². The fourth-order valence-electron chi connectivity index (χ4n) is 1.27. The normalized spacial score (nSPS) is 10.4. The summed E-state index contributed by atoms with van der Waals surface area (Å²) < 4.78 is 27.3. The first kappa shape index (κ1) is 8.74. The fourth-order valence-corrected chi connectivity index (χ4v) is 1.27. The zero-order valence-electron chi connectivity index (χ0n) is 7.24. The number of rotatable bonds is 1. The summed E-state index contributed by atoms with van der Waals surface area (Å²) in [4.78, 5) is 0. The van der Waals surface area contributed by atoms with Crippen molar-refractivity contribution in [2.24, 2.45) is 0 Å². The molecule has 2 rings (SSSR count). The smallest absolute Gasteiger partial charge is 0.161 e. The Balaban J connectivity index is 2.60. The van der Waals surface area contributed by atoms with E-state index in [0.29, 0.717) is 5.69 Å². The number of aromatic nitrogens is 1. The summed E-state index contributed by atoms with van der Waals surface area (Å²) in [5, 5.41) is 0. The number of hydrogen-bond acceptors (Lipinski definition) is 1. The van der Waals surface area contributed by atoms with Gasteiger partial charge >= 0.3 is 0 Å². The van der Waals surface area contributed by atoms with Gasteiger partial charge in [0.15, 0.2) is 11.6 Å². The second-order valence-electron chi connectivity index (χ2n) is 2.92. The minimum absolute atomic E-state index is 0.208. The Labute approximate surface area is 79.6 Å². The largest absolute Gasteiger partial charge is 0.397 e. The molecular weight excluding hydrogens is 186 g/mol. The van der Waals surface area contributed by atoms with Crippen molar-refractivity contribution in [2.75, 3.05) is 5.73 Å². The molecule has 2 aromatic rings. The lowest BCUT2D eigenvalue weighted by Crippen LogP contribution is -2.00. The van der Waals surface area contributed by atoms with Crippen LogP contribution in [0, 0.1) is 11.6 Å². The molecule has 0 aliphatic carbocycles. The molecule has 0 spiro atoms. The van der Waals surface area contributed by atoms with Gasteiger partial charge in [0.25, 0.3) is 0 Å². The van der Waals surface area contributed by atoms with E-state index in [2.05, 4.69) is 0 Å². The zero-order valence-corrected chi connectivity index (χ0v) is 7.24. The van der Waals surface area contributed by atoms with E-state index < -0.39 is 11.6 Å². The van der Waals surface area contributed by atoms with Crippen LogP contribution in [0.25, 0.3) is 5.69 Å². The van der Waals surface area contributed by atoms with Crippen LogP contribution >= 0.6 is 0 Å². The molecule has 0 saturated carbocycles. The molecule has 0 saturated heterocycles. The molecule has 1 aromatic heterocycles. The molecule has 1 aromatic carbocycles. The number of nitrogens with zero attached hydrogens (tertiary/aromatic N) is 1. The van der Waals surface area contributed by atoms with Crippen molar-refractivity contribution in [3.8, 4) is 5.69 Å². The number of anilines is 1. The van der Waals surface area contributed by atoms with Gasteiger partial charge in [0.1, 0.15) is 0 Å². The summed E-state index contributed by atoms with van der Waals surface area (Å²) in [6, 6.07) is 5.61. The quantitative estimate of drug-likeness (QED) is 0.694. The van der Waals surface area contributed by atoms with Crippen molar-refractivity contribution in [3.05, 3.63) is 48.3 Å². The average Bonchev–Trinajstić information content (AvgIpc) is 2.64. The van der Waals surface area contributed by atoms with Gasteiger partial charge in [-0.2, -0.15) is 0 Å². The molecule has 72 valence electrons. The second kappa shape index (κ2) is 3.14. The predicted molar refractivity (Wildman–Crippen MR) is 50.1 cm³/mol. The van der Waals surface area contributed by atoms with Crippen LogP contribution in [0.15, 0.2) is 36.7 Å². The van der Waals surface area contributed by atoms with E-state index in [1.54, 1.807) is 29.1 Å². The molecule has 0 aliphatic rings. The molecule has 0 amide bonds. The first-order chi connectivity index (χ1) is 6.68. The zero-order chi connectivity index (χ0) is 10.1. The van der Waals surface area contributed by atoms with E-state index >= 15 is 0 Å². The Morgan fingerprint density at radius 2 is 1.57 bits per heavy atom. The number of halogens is 2. The molecular formula is C10H8F2N2. The Morgan fingerprint density at radius 1 is 1.00 bits per heavy atom. The summed E-state index contributed by atoms with van der Waals surface area (Å²) in [6.07, 6.45) is 3.42. The van der Waals surface area contributed by atoms with Crippen molar-refractivity contribution in [1.29, 1.82) is 0 Å². The average molecular weight is 194 g/mol. The first-order valence-electron chi connectivity index (χ1n) is 4.06. The maximum Gasteiger partial charge on any atom is 0.161 e. The Morgan fingerprint density at radius 3 is 2.21 bits per heavy atom. The SMILES string of the molecule is Nc1cc(F)c(F)cc1-n1cccc1. The maximum absolute atomic E-state index is 12.9. The molecule has 0 radical (unpaired) electrons. The van der Waals surface area contributed by atoms with Gasteiger partial charge in [-0.05, 0) is 12.1 Å². The molecule has 0 aliphatic heterocycles. The molecule has 2 nitrogen and oxygen atoms in total. The van der Waals surface area contributed by atoms with Crippen LogP contribution < -0.4 is 5.73 Å². The monoisotopic (exact) mass is 194 g/mol. The maximum atomic E-state index is 12.9. The third-order valence-electron chi connectivity index (χ3n) is 1.95. The fraction of sp³-hybridized carbons (Fsp3) is 0. The molecule has 2 N–H and O–H groups in total. The lowest BCUT2D eigenvalue weighted by molar-refractivity contribution is 0.508. The number of nitrogen functional groups attached to an aromatic ring is 1.